The van der Waals surface area contributed by atoms with E-state index >= 15 is 0 Å². The number of amides is 1. The fourth-order valence-corrected chi connectivity index (χ4v) is 5.43. The number of anilines is 2. The number of oxazole rings is 1. The van der Waals surface area contributed by atoms with Crippen molar-refractivity contribution >= 4 is 17.6 Å². The Morgan fingerprint density at radius 1 is 1.19 bits per heavy atom. The first-order valence-electron chi connectivity index (χ1n) is 12.3. The highest BCUT2D eigenvalue weighted by Gasteiger charge is 2.47. The molecule has 3 atom stereocenters. The van der Waals surface area contributed by atoms with Gasteiger partial charge in [-0.15, -0.1) is 0 Å². The molecule has 202 valence electrons. The Morgan fingerprint density at radius 3 is 2.41 bits per heavy atom. The fraction of sp³-hybridized carbons (Fsp3) is 0.600. The van der Waals surface area contributed by atoms with Gasteiger partial charge in [-0.25, -0.2) is 8.78 Å². The minimum Gasteiger partial charge on any atom is -0.484 e. The zero-order valence-electron chi connectivity index (χ0n) is 20.5. The van der Waals surface area contributed by atoms with Crippen molar-refractivity contribution in [2.45, 2.75) is 51.3 Å². The minimum atomic E-state index is -4.66. The summed E-state index contributed by atoms with van der Waals surface area (Å²) in [6, 6.07) is 1.61. The summed E-state index contributed by atoms with van der Waals surface area (Å²) in [5, 5.41) is 2.23. The number of aromatic nitrogens is 1. The van der Waals surface area contributed by atoms with Crippen LogP contribution in [-0.4, -0.2) is 50.0 Å². The van der Waals surface area contributed by atoms with Crippen molar-refractivity contribution in [3.63, 3.8) is 0 Å². The smallest absolute Gasteiger partial charge is 0.396 e. The van der Waals surface area contributed by atoms with Crippen LogP contribution >= 0.6 is 0 Å². The SMILES string of the molecule is CCC1(COC)CN(c2nc(C(=O)Nc3cc(F)c(OC4C[C@@H]5C[C@@H]5C4)c(F)c3)c(CC(F)(F)F)o2)C1. The zero-order valence-corrected chi connectivity index (χ0v) is 20.5. The summed E-state index contributed by atoms with van der Waals surface area (Å²) in [4.78, 5) is 18.5. The van der Waals surface area contributed by atoms with Gasteiger partial charge in [-0.05, 0) is 37.5 Å². The molecule has 0 bridgehead atoms. The van der Waals surface area contributed by atoms with Crippen molar-refractivity contribution < 1.29 is 40.6 Å². The molecule has 1 amide bonds. The summed E-state index contributed by atoms with van der Waals surface area (Å²) in [5.41, 5.74) is -1.06. The van der Waals surface area contributed by atoms with Gasteiger partial charge in [0.15, 0.2) is 23.1 Å². The van der Waals surface area contributed by atoms with Crippen LogP contribution in [0.25, 0.3) is 0 Å². The molecular weight excluding hydrogens is 501 g/mol. The van der Waals surface area contributed by atoms with Gasteiger partial charge in [0.25, 0.3) is 11.9 Å². The Balaban J connectivity index is 1.32. The number of hydrogen-bond acceptors (Lipinski definition) is 6. The molecule has 5 rings (SSSR count). The number of ether oxygens (including phenoxy) is 2. The number of fused-ring (bicyclic) bond motifs is 1. The van der Waals surface area contributed by atoms with E-state index in [-0.39, 0.29) is 23.2 Å². The van der Waals surface area contributed by atoms with E-state index in [1.807, 2.05) is 6.92 Å². The van der Waals surface area contributed by atoms with Gasteiger partial charge in [0.2, 0.25) is 0 Å². The van der Waals surface area contributed by atoms with Crippen LogP contribution in [-0.2, 0) is 11.2 Å². The summed E-state index contributed by atoms with van der Waals surface area (Å²) < 4.78 is 84.9. The Labute approximate surface area is 210 Å². The van der Waals surface area contributed by atoms with Crippen molar-refractivity contribution in [3.05, 3.63) is 35.2 Å². The minimum absolute atomic E-state index is 0.125. The lowest BCUT2D eigenvalue weighted by atomic mass is 9.78. The molecule has 1 unspecified atom stereocenters. The maximum absolute atomic E-state index is 14.6. The van der Waals surface area contributed by atoms with Crippen LogP contribution in [0.3, 0.4) is 0 Å². The van der Waals surface area contributed by atoms with Crippen LogP contribution in [0.4, 0.5) is 33.7 Å². The zero-order chi connectivity index (χ0) is 26.5. The molecule has 2 heterocycles. The maximum atomic E-state index is 14.6. The number of methoxy groups -OCH3 is 1. The van der Waals surface area contributed by atoms with Gasteiger partial charge in [0.1, 0.15) is 12.2 Å². The molecule has 0 radical (unpaired) electrons. The lowest BCUT2D eigenvalue weighted by molar-refractivity contribution is -0.130. The van der Waals surface area contributed by atoms with Gasteiger partial charge >= 0.3 is 6.18 Å². The molecule has 1 saturated heterocycles. The van der Waals surface area contributed by atoms with Crippen LogP contribution in [0, 0.1) is 28.9 Å². The number of benzene rings is 1. The molecule has 0 spiro atoms. The number of halogens is 5. The topological polar surface area (TPSA) is 76.8 Å². The van der Waals surface area contributed by atoms with Crippen LogP contribution in [0.5, 0.6) is 5.75 Å². The number of rotatable bonds is 9. The predicted octanol–water partition coefficient (Wildman–Crippen LogP) is 5.35. The molecule has 1 aromatic carbocycles. The van der Waals surface area contributed by atoms with Gasteiger partial charge < -0.3 is 24.1 Å². The molecule has 2 aromatic rings. The first kappa shape index (κ1) is 25.7. The third-order valence-electron chi connectivity index (χ3n) is 7.53. The number of nitrogens with one attached hydrogen (secondary N) is 1. The molecular formula is C25H28F5N3O4. The van der Waals surface area contributed by atoms with E-state index in [1.54, 1.807) is 12.0 Å². The number of carbonyl (C=O) groups is 1. The lowest BCUT2D eigenvalue weighted by Crippen LogP contribution is -2.58. The number of carbonyl (C=O) groups excluding carboxylic acids is 1. The monoisotopic (exact) mass is 529 g/mol. The largest absolute Gasteiger partial charge is 0.484 e. The van der Waals surface area contributed by atoms with Crippen molar-refractivity contribution in [2.24, 2.45) is 17.3 Å². The van der Waals surface area contributed by atoms with E-state index in [4.69, 9.17) is 13.9 Å². The van der Waals surface area contributed by atoms with E-state index in [1.165, 1.54) is 0 Å². The first-order chi connectivity index (χ1) is 17.5. The second kappa shape index (κ2) is 9.45. The van der Waals surface area contributed by atoms with Crippen LogP contribution in [0.1, 0.15) is 48.9 Å². The summed E-state index contributed by atoms with van der Waals surface area (Å²) in [7, 11) is 1.57. The third kappa shape index (κ3) is 5.39. The third-order valence-corrected chi connectivity index (χ3v) is 7.53. The van der Waals surface area contributed by atoms with Crippen molar-refractivity contribution in [1.29, 1.82) is 0 Å². The standard InChI is InChI=1S/C25H28F5N3O4/c1-3-24(12-35-2)10-33(11-24)23-32-20(19(37-23)9-25(28,29)30)22(34)31-15-7-17(26)21(18(27)8-15)36-16-5-13-4-14(13)6-16/h7-8,13-14,16H,3-6,9-12H2,1-2H3,(H,31,34)/t13-,14+,16?. The predicted molar refractivity (Wildman–Crippen MR) is 123 cm³/mol. The molecule has 3 fully saturated rings. The lowest BCUT2D eigenvalue weighted by Gasteiger charge is -2.48. The molecule has 1 aromatic heterocycles. The van der Waals surface area contributed by atoms with Crippen LogP contribution < -0.4 is 15.0 Å². The van der Waals surface area contributed by atoms with Gasteiger partial charge in [0, 0.05) is 43.4 Å². The summed E-state index contributed by atoms with van der Waals surface area (Å²) in [6.45, 7) is 3.31. The Kier molecular flexibility index (Phi) is 6.57. The summed E-state index contributed by atoms with van der Waals surface area (Å²) >= 11 is 0. The van der Waals surface area contributed by atoms with Crippen molar-refractivity contribution in [2.75, 3.05) is 37.0 Å². The number of nitrogens with zero attached hydrogens (tertiary/aromatic N) is 2. The Morgan fingerprint density at radius 2 is 1.84 bits per heavy atom. The molecule has 2 saturated carbocycles. The quantitative estimate of drug-likeness (QED) is 0.442. The molecule has 3 aliphatic rings. The van der Waals surface area contributed by atoms with E-state index in [0.717, 1.165) is 37.8 Å². The Bertz CT molecular complexity index is 1140. The van der Waals surface area contributed by atoms with E-state index in [0.29, 0.717) is 31.5 Å². The maximum Gasteiger partial charge on any atom is 0.396 e. The van der Waals surface area contributed by atoms with Crippen LogP contribution in [0.2, 0.25) is 0 Å². The van der Waals surface area contributed by atoms with Crippen molar-refractivity contribution in [3.8, 4) is 5.75 Å². The fourth-order valence-electron chi connectivity index (χ4n) is 5.43. The van der Waals surface area contributed by atoms with Crippen LogP contribution in [0.15, 0.2) is 16.5 Å². The van der Waals surface area contributed by atoms with E-state index in [2.05, 4.69) is 10.3 Å². The first-order valence-corrected chi connectivity index (χ1v) is 12.3. The second-order valence-corrected chi connectivity index (χ2v) is 10.4. The molecule has 37 heavy (non-hydrogen) atoms. The number of hydrogen-bond donors (Lipinski definition) is 1. The van der Waals surface area contributed by atoms with Crippen molar-refractivity contribution in [1.82, 2.24) is 4.98 Å². The van der Waals surface area contributed by atoms with E-state index in [9.17, 15) is 26.7 Å². The Hall–Kier alpha value is -2.89. The van der Waals surface area contributed by atoms with Gasteiger partial charge in [-0.2, -0.15) is 18.2 Å². The highest BCUT2D eigenvalue weighted by molar-refractivity contribution is 6.03. The summed E-state index contributed by atoms with van der Waals surface area (Å²) in [6.07, 6.45) is -3.04. The second-order valence-electron chi connectivity index (χ2n) is 10.4. The van der Waals surface area contributed by atoms with Gasteiger partial charge in [0.05, 0.1) is 12.7 Å². The van der Waals surface area contributed by atoms with Gasteiger partial charge in [-0.3, -0.25) is 4.79 Å². The molecule has 7 nitrogen and oxygen atoms in total. The molecule has 1 aliphatic heterocycles. The van der Waals surface area contributed by atoms with E-state index < -0.39 is 47.3 Å². The highest BCUT2D eigenvalue weighted by atomic mass is 19.4. The molecule has 12 heteroatoms. The molecule has 1 N–H and O–H groups in total. The van der Waals surface area contributed by atoms with Gasteiger partial charge in [-0.1, -0.05) is 6.92 Å². The average molecular weight is 530 g/mol. The molecule has 2 aliphatic carbocycles. The average Bonchev–Trinajstić information content (AvgIpc) is 3.19. The summed E-state index contributed by atoms with van der Waals surface area (Å²) in [5.74, 6) is -3.19. The number of alkyl halides is 3. The normalized spacial score (nSPS) is 24.0. The highest BCUT2D eigenvalue weighted by Crippen LogP contribution is 2.52.